The maximum Gasteiger partial charge on any atom is 0.306 e. The van der Waals surface area contributed by atoms with Crippen molar-refractivity contribution in [1.29, 1.82) is 0 Å². The molecule has 0 bridgehead atoms. The Morgan fingerprint density at radius 3 is 2.48 bits per heavy atom. The van der Waals surface area contributed by atoms with Crippen LogP contribution in [0.15, 0.2) is 61.2 Å². The van der Waals surface area contributed by atoms with E-state index in [4.69, 9.17) is 4.74 Å². The van der Waals surface area contributed by atoms with E-state index in [-0.39, 0.29) is 11.4 Å². The third-order valence-corrected chi connectivity index (χ3v) is 4.07. The van der Waals surface area contributed by atoms with E-state index < -0.39 is 0 Å². The molecule has 0 unspecified atom stereocenters. The van der Waals surface area contributed by atoms with Crippen molar-refractivity contribution in [2.75, 3.05) is 0 Å². The minimum Gasteiger partial charge on any atom is -0.461 e. The van der Waals surface area contributed by atoms with Gasteiger partial charge in [-0.25, -0.2) is 0 Å². The van der Waals surface area contributed by atoms with Gasteiger partial charge in [0.2, 0.25) is 0 Å². The fourth-order valence-electron chi connectivity index (χ4n) is 2.42. The molecule has 2 nitrogen and oxygen atoms in total. The Hall–Kier alpha value is -2.35. The smallest absolute Gasteiger partial charge is 0.306 e. The van der Waals surface area contributed by atoms with Gasteiger partial charge in [-0.1, -0.05) is 68.5 Å². The van der Waals surface area contributed by atoms with Crippen molar-refractivity contribution < 1.29 is 9.53 Å². The monoisotopic (exact) mass is 308 g/mol. The van der Waals surface area contributed by atoms with E-state index in [9.17, 15) is 4.79 Å². The van der Waals surface area contributed by atoms with Crippen LogP contribution in [-0.4, -0.2) is 5.97 Å². The number of hydrogen-bond donors (Lipinski definition) is 0. The highest BCUT2D eigenvalue weighted by Gasteiger charge is 2.19. The van der Waals surface area contributed by atoms with Crippen molar-refractivity contribution in [3.8, 4) is 11.1 Å². The zero-order valence-corrected chi connectivity index (χ0v) is 14.1. The van der Waals surface area contributed by atoms with Crippen LogP contribution in [0.2, 0.25) is 0 Å². The summed E-state index contributed by atoms with van der Waals surface area (Å²) in [6.45, 7) is 10.1. The Morgan fingerprint density at radius 2 is 1.83 bits per heavy atom. The van der Waals surface area contributed by atoms with Crippen LogP contribution in [0.25, 0.3) is 11.1 Å². The van der Waals surface area contributed by atoms with Crippen LogP contribution in [0, 0.1) is 12.3 Å². The summed E-state index contributed by atoms with van der Waals surface area (Å²) in [4.78, 5) is 12.0. The molecule has 0 spiro atoms. The first-order valence-corrected chi connectivity index (χ1v) is 7.86. The van der Waals surface area contributed by atoms with Gasteiger partial charge in [0.05, 0.1) is 6.42 Å². The standard InChI is InChI=1S/C21H24O2/c1-5-21(3,4)14-20(22)23-15-18-12-9-13-19(16(18)2)17-10-7-6-8-11-17/h5-13H,1,14-15H2,2-4H3. The van der Waals surface area contributed by atoms with Gasteiger partial charge in [0.1, 0.15) is 6.61 Å². The number of esters is 1. The summed E-state index contributed by atoms with van der Waals surface area (Å²) in [6, 6.07) is 16.3. The molecule has 2 heteroatoms. The molecule has 0 atom stereocenters. The van der Waals surface area contributed by atoms with Crippen LogP contribution in [0.3, 0.4) is 0 Å². The SMILES string of the molecule is C=CC(C)(C)CC(=O)OCc1cccc(-c2ccccc2)c1C. The first-order valence-electron chi connectivity index (χ1n) is 7.86. The van der Waals surface area contributed by atoms with Crippen LogP contribution in [0.4, 0.5) is 0 Å². The zero-order chi connectivity index (χ0) is 16.9. The number of hydrogen-bond acceptors (Lipinski definition) is 2. The number of carbonyl (C=O) groups excluding carboxylic acids is 1. The van der Waals surface area contributed by atoms with Crippen LogP contribution in [0.1, 0.15) is 31.4 Å². The molecule has 0 fully saturated rings. The lowest BCUT2D eigenvalue weighted by molar-refractivity contribution is -0.146. The average Bonchev–Trinajstić information content (AvgIpc) is 2.54. The Kier molecular flexibility index (Phi) is 5.38. The van der Waals surface area contributed by atoms with Gasteiger partial charge in [0.15, 0.2) is 0 Å². The number of carbonyl (C=O) groups is 1. The molecule has 2 aromatic rings. The molecule has 0 aliphatic rings. The van der Waals surface area contributed by atoms with E-state index >= 15 is 0 Å². The van der Waals surface area contributed by atoms with E-state index in [1.807, 2.05) is 44.2 Å². The summed E-state index contributed by atoms with van der Waals surface area (Å²) >= 11 is 0. The molecule has 120 valence electrons. The van der Waals surface area contributed by atoms with Crippen molar-refractivity contribution >= 4 is 5.97 Å². The minimum atomic E-state index is -0.238. The molecule has 0 N–H and O–H groups in total. The van der Waals surface area contributed by atoms with Crippen molar-refractivity contribution in [2.45, 2.75) is 33.8 Å². The van der Waals surface area contributed by atoms with E-state index in [0.717, 1.165) is 11.1 Å². The summed E-state index contributed by atoms with van der Waals surface area (Å²) in [6.07, 6.45) is 2.13. The third-order valence-electron chi connectivity index (χ3n) is 4.07. The summed E-state index contributed by atoms with van der Waals surface area (Å²) in [5, 5.41) is 0. The normalized spacial score (nSPS) is 11.1. The quantitative estimate of drug-likeness (QED) is 0.534. The Labute approximate surface area is 138 Å². The third kappa shape index (κ3) is 4.56. The van der Waals surface area contributed by atoms with E-state index in [1.165, 1.54) is 11.1 Å². The van der Waals surface area contributed by atoms with Gasteiger partial charge in [-0.2, -0.15) is 0 Å². The first kappa shape index (κ1) is 17.0. The molecular formula is C21H24O2. The van der Waals surface area contributed by atoms with Gasteiger partial charge in [-0.05, 0) is 34.6 Å². The van der Waals surface area contributed by atoms with Gasteiger partial charge in [0.25, 0.3) is 0 Å². The molecule has 0 aromatic heterocycles. The lowest BCUT2D eigenvalue weighted by atomic mass is 9.90. The van der Waals surface area contributed by atoms with Crippen molar-refractivity contribution in [3.63, 3.8) is 0 Å². The molecule has 0 saturated heterocycles. The van der Waals surface area contributed by atoms with Crippen molar-refractivity contribution in [2.24, 2.45) is 5.41 Å². The highest BCUT2D eigenvalue weighted by Crippen LogP contribution is 2.26. The zero-order valence-electron chi connectivity index (χ0n) is 14.1. The fourth-order valence-corrected chi connectivity index (χ4v) is 2.42. The molecule has 0 aliphatic heterocycles. The molecule has 0 aliphatic carbocycles. The van der Waals surface area contributed by atoms with Crippen molar-refractivity contribution in [1.82, 2.24) is 0 Å². The lowest BCUT2D eigenvalue weighted by Gasteiger charge is -2.18. The Balaban J connectivity index is 2.10. The van der Waals surface area contributed by atoms with Gasteiger partial charge in [0, 0.05) is 0 Å². The predicted octanol–water partition coefficient (Wildman–Crippen LogP) is 5.31. The van der Waals surface area contributed by atoms with Crippen LogP contribution in [-0.2, 0) is 16.1 Å². The lowest BCUT2D eigenvalue weighted by Crippen LogP contribution is -2.16. The topological polar surface area (TPSA) is 26.3 Å². The fraction of sp³-hybridized carbons (Fsp3) is 0.286. The molecular weight excluding hydrogens is 284 g/mol. The van der Waals surface area contributed by atoms with Crippen LogP contribution in [0.5, 0.6) is 0 Å². The number of rotatable bonds is 6. The summed E-state index contributed by atoms with van der Waals surface area (Å²) < 4.78 is 5.45. The molecule has 0 heterocycles. The summed E-state index contributed by atoms with van der Waals surface area (Å²) in [7, 11) is 0. The molecule has 0 saturated carbocycles. The predicted molar refractivity (Wildman–Crippen MR) is 95.0 cm³/mol. The van der Waals surface area contributed by atoms with E-state index in [1.54, 1.807) is 6.08 Å². The van der Waals surface area contributed by atoms with Gasteiger partial charge >= 0.3 is 5.97 Å². The average molecular weight is 308 g/mol. The highest BCUT2D eigenvalue weighted by molar-refractivity contribution is 5.71. The molecule has 2 aromatic carbocycles. The number of ether oxygens (including phenoxy) is 1. The first-order chi connectivity index (χ1) is 10.9. The summed E-state index contributed by atoms with van der Waals surface area (Å²) in [5.74, 6) is -0.195. The number of allylic oxidation sites excluding steroid dienone is 1. The van der Waals surface area contributed by atoms with Crippen LogP contribution < -0.4 is 0 Å². The van der Waals surface area contributed by atoms with Crippen LogP contribution >= 0.6 is 0 Å². The molecule has 0 radical (unpaired) electrons. The van der Waals surface area contributed by atoms with Gasteiger partial charge < -0.3 is 4.74 Å². The minimum absolute atomic E-state index is 0.195. The Morgan fingerprint density at radius 1 is 1.13 bits per heavy atom. The van der Waals surface area contributed by atoms with E-state index in [2.05, 4.69) is 31.7 Å². The van der Waals surface area contributed by atoms with Crippen molar-refractivity contribution in [3.05, 3.63) is 72.3 Å². The highest BCUT2D eigenvalue weighted by atomic mass is 16.5. The van der Waals surface area contributed by atoms with E-state index in [0.29, 0.717) is 13.0 Å². The van der Waals surface area contributed by atoms with Gasteiger partial charge in [-0.15, -0.1) is 6.58 Å². The number of benzene rings is 2. The van der Waals surface area contributed by atoms with Gasteiger partial charge in [-0.3, -0.25) is 4.79 Å². The maximum absolute atomic E-state index is 12.0. The molecule has 2 rings (SSSR count). The maximum atomic E-state index is 12.0. The molecule has 23 heavy (non-hydrogen) atoms. The second-order valence-electron chi connectivity index (χ2n) is 6.49. The second-order valence-corrected chi connectivity index (χ2v) is 6.49. The second kappa shape index (κ2) is 7.28. The largest absolute Gasteiger partial charge is 0.461 e. The Bertz CT molecular complexity index is 684. The summed E-state index contributed by atoms with van der Waals surface area (Å²) in [5.41, 5.74) is 4.29. The molecule has 0 amide bonds.